The minimum absolute atomic E-state index is 0.0669. The van der Waals surface area contributed by atoms with Gasteiger partial charge in [-0.2, -0.15) is 0 Å². The normalized spacial score (nSPS) is 10.7. The number of hydrogen-bond donors (Lipinski definition) is 1. The largest absolute Gasteiger partial charge is 0.480 e. The molecule has 0 aliphatic heterocycles. The molecular formula is C13H12O5. The summed E-state index contributed by atoms with van der Waals surface area (Å²) in [6, 6.07) is 6.80. The lowest BCUT2D eigenvalue weighted by atomic mass is 10.1. The van der Waals surface area contributed by atoms with Crippen molar-refractivity contribution < 1.29 is 19.1 Å². The molecule has 94 valence electrons. The van der Waals surface area contributed by atoms with Gasteiger partial charge in [0.15, 0.2) is 0 Å². The Balaban J connectivity index is 2.37. The van der Waals surface area contributed by atoms with E-state index in [1.54, 1.807) is 6.07 Å². The van der Waals surface area contributed by atoms with Crippen molar-refractivity contribution in [1.82, 2.24) is 0 Å². The van der Waals surface area contributed by atoms with Crippen molar-refractivity contribution in [3.63, 3.8) is 0 Å². The van der Waals surface area contributed by atoms with Crippen molar-refractivity contribution in [2.24, 2.45) is 0 Å². The molecule has 0 unspecified atom stereocenters. The maximum absolute atomic E-state index is 11.4. The molecule has 1 N–H and O–H groups in total. The molecule has 1 heterocycles. The van der Waals surface area contributed by atoms with Gasteiger partial charge in [-0.05, 0) is 24.1 Å². The van der Waals surface area contributed by atoms with Gasteiger partial charge < -0.3 is 14.3 Å². The van der Waals surface area contributed by atoms with Gasteiger partial charge in [-0.3, -0.25) is 0 Å². The van der Waals surface area contributed by atoms with Crippen LogP contribution in [0.3, 0.4) is 0 Å². The molecule has 0 radical (unpaired) electrons. The number of aliphatic carboxylic acids is 1. The SMILES string of the molecule is Cc1ccc2c(COCC(=O)O)cc(=O)oc2c1. The first kappa shape index (κ1) is 12.3. The molecule has 5 heteroatoms. The average molecular weight is 248 g/mol. The molecule has 5 nitrogen and oxygen atoms in total. The molecule has 0 saturated carbocycles. The number of hydrogen-bond acceptors (Lipinski definition) is 4. The number of aryl methyl sites for hydroxylation is 1. The first-order valence-corrected chi connectivity index (χ1v) is 5.39. The number of rotatable bonds is 4. The summed E-state index contributed by atoms with van der Waals surface area (Å²) in [5.41, 5.74) is 1.62. The van der Waals surface area contributed by atoms with E-state index in [0.29, 0.717) is 11.1 Å². The predicted molar refractivity (Wildman–Crippen MR) is 64.5 cm³/mol. The van der Waals surface area contributed by atoms with E-state index in [9.17, 15) is 9.59 Å². The molecule has 0 fully saturated rings. The van der Waals surface area contributed by atoms with Gasteiger partial charge in [0.1, 0.15) is 12.2 Å². The predicted octanol–water partition coefficient (Wildman–Crippen LogP) is 1.70. The fraction of sp³-hybridized carbons (Fsp3) is 0.231. The van der Waals surface area contributed by atoms with E-state index in [0.717, 1.165) is 10.9 Å². The number of carboxylic acid groups (broad SMARTS) is 1. The Morgan fingerprint density at radius 3 is 2.89 bits per heavy atom. The van der Waals surface area contributed by atoms with E-state index >= 15 is 0 Å². The molecule has 0 atom stereocenters. The molecule has 0 aliphatic carbocycles. The Bertz CT molecular complexity index is 641. The third-order valence-electron chi connectivity index (χ3n) is 2.47. The number of carboxylic acids is 1. The Hall–Kier alpha value is -2.14. The Morgan fingerprint density at radius 2 is 2.17 bits per heavy atom. The lowest BCUT2D eigenvalue weighted by Gasteiger charge is -2.05. The van der Waals surface area contributed by atoms with Crippen LogP contribution >= 0.6 is 0 Å². The van der Waals surface area contributed by atoms with Crippen LogP contribution in [0.25, 0.3) is 11.0 Å². The smallest absolute Gasteiger partial charge is 0.336 e. The van der Waals surface area contributed by atoms with Crippen LogP contribution in [0.2, 0.25) is 0 Å². The maximum Gasteiger partial charge on any atom is 0.336 e. The molecule has 2 rings (SSSR count). The van der Waals surface area contributed by atoms with Crippen LogP contribution in [-0.2, 0) is 16.1 Å². The van der Waals surface area contributed by atoms with Crippen molar-refractivity contribution in [3.8, 4) is 0 Å². The topological polar surface area (TPSA) is 76.7 Å². The number of ether oxygens (including phenoxy) is 1. The van der Waals surface area contributed by atoms with Crippen LogP contribution in [0.5, 0.6) is 0 Å². The van der Waals surface area contributed by atoms with Crippen molar-refractivity contribution in [2.45, 2.75) is 13.5 Å². The Kier molecular flexibility index (Phi) is 3.43. The second-order valence-electron chi connectivity index (χ2n) is 3.98. The Morgan fingerprint density at radius 1 is 1.39 bits per heavy atom. The van der Waals surface area contributed by atoms with E-state index < -0.39 is 18.2 Å². The zero-order valence-corrected chi connectivity index (χ0v) is 9.80. The third-order valence-corrected chi connectivity index (χ3v) is 2.47. The third kappa shape index (κ3) is 2.75. The molecule has 1 aromatic heterocycles. The van der Waals surface area contributed by atoms with Crippen LogP contribution in [0, 0.1) is 6.92 Å². The minimum Gasteiger partial charge on any atom is -0.480 e. The highest BCUT2D eigenvalue weighted by atomic mass is 16.5. The minimum atomic E-state index is -1.04. The summed E-state index contributed by atoms with van der Waals surface area (Å²) in [4.78, 5) is 21.7. The standard InChI is InChI=1S/C13H12O5/c1-8-2-3-10-9(6-17-7-12(14)15)5-13(16)18-11(10)4-8/h2-5H,6-7H2,1H3,(H,14,15). The van der Waals surface area contributed by atoms with Gasteiger partial charge in [0.2, 0.25) is 0 Å². The number of fused-ring (bicyclic) bond motifs is 1. The Labute approximate surface area is 103 Å². The molecule has 18 heavy (non-hydrogen) atoms. The highest BCUT2D eigenvalue weighted by Gasteiger charge is 2.07. The van der Waals surface area contributed by atoms with Crippen molar-refractivity contribution in [3.05, 3.63) is 45.8 Å². The van der Waals surface area contributed by atoms with Crippen LogP contribution in [0.15, 0.2) is 33.5 Å². The summed E-state index contributed by atoms with van der Waals surface area (Å²) in [7, 11) is 0. The average Bonchev–Trinajstić information content (AvgIpc) is 2.27. The van der Waals surface area contributed by atoms with E-state index in [4.69, 9.17) is 14.3 Å². The lowest BCUT2D eigenvalue weighted by molar-refractivity contribution is -0.142. The summed E-state index contributed by atoms with van der Waals surface area (Å²) in [6.07, 6.45) is 0. The number of carbonyl (C=O) groups is 1. The van der Waals surface area contributed by atoms with Crippen LogP contribution in [0.1, 0.15) is 11.1 Å². The van der Waals surface area contributed by atoms with Gasteiger partial charge in [-0.1, -0.05) is 12.1 Å². The summed E-state index contributed by atoms with van der Waals surface area (Å²) in [5.74, 6) is -1.04. The molecule has 0 saturated heterocycles. The highest BCUT2D eigenvalue weighted by Crippen LogP contribution is 2.19. The molecule has 0 bridgehead atoms. The van der Waals surface area contributed by atoms with Gasteiger partial charge in [0.05, 0.1) is 6.61 Å². The summed E-state index contributed by atoms with van der Waals surface area (Å²) in [5, 5.41) is 9.25. The van der Waals surface area contributed by atoms with Crippen LogP contribution in [0.4, 0.5) is 0 Å². The zero-order valence-electron chi connectivity index (χ0n) is 9.80. The molecular weight excluding hydrogens is 236 g/mol. The maximum atomic E-state index is 11.4. The van der Waals surface area contributed by atoms with Crippen molar-refractivity contribution in [1.29, 1.82) is 0 Å². The summed E-state index contributed by atoms with van der Waals surface area (Å²) < 4.78 is 10.1. The second-order valence-corrected chi connectivity index (χ2v) is 3.98. The van der Waals surface area contributed by atoms with Gasteiger partial charge in [0, 0.05) is 11.5 Å². The molecule has 1 aromatic carbocycles. The summed E-state index contributed by atoms with van der Waals surface area (Å²) in [6.45, 7) is 1.57. The lowest BCUT2D eigenvalue weighted by Crippen LogP contribution is -2.08. The van der Waals surface area contributed by atoms with E-state index in [1.165, 1.54) is 6.07 Å². The quantitative estimate of drug-likeness (QED) is 0.833. The number of benzene rings is 1. The molecule has 2 aromatic rings. The van der Waals surface area contributed by atoms with E-state index in [1.807, 2.05) is 19.1 Å². The highest BCUT2D eigenvalue weighted by molar-refractivity contribution is 5.80. The van der Waals surface area contributed by atoms with Gasteiger partial charge >= 0.3 is 11.6 Å². The van der Waals surface area contributed by atoms with Gasteiger partial charge in [0.25, 0.3) is 0 Å². The van der Waals surface area contributed by atoms with Gasteiger partial charge in [-0.25, -0.2) is 9.59 Å². The molecule has 0 spiro atoms. The summed E-state index contributed by atoms with van der Waals surface area (Å²) >= 11 is 0. The van der Waals surface area contributed by atoms with E-state index in [2.05, 4.69) is 0 Å². The first-order chi connectivity index (χ1) is 8.56. The molecule has 0 amide bonds. The van der Waals surface area contributed by atoms with Crippen molar-refractivity contribution >= 4 is 16.9 Å². The van der Waals surface area contributed by atoms with Crippen molar-refractivity contribution in [2.75, 3.05) is 6.61 Å². The first-order valence-electron chi connectivity index (χ1n) is 5.39. The fourth-order valence-electron chi connectivity index (χ4n) is 1.70. The fourth-order valence-corrected chi connectivity index (χ4v) is 1.70. The van der Waals surface area contributed by atoms with Crippen LogP contribution < -0.4 is 5.63 Å². The van der Waals surface area contributed by atoms with E-state index in [-0.39, 0.29) is 6.61 Å². The van der Waals surface area contributed by atoms with Gasteiger partial charge in [-0.15, -0.1) is 0 Å². The van der Waals surface area contributed by atoms with Crippen LogP contribution in [-0.4, -0.2) is 17.7 Å². The zero-order chi connectivity index (χ0) is 13.1. The monoisotopic (exact) mass is 248 g/mol. The molecule has 0 aliphatic rings. The second kappa shape index (κ2) is 5.01.